The fourth-order valence-electron chi connectivity index (χ4n) is 1.48. The number of thioether (sulfide) groups is 1. The lowest BCUT2D eigenvalue weighted by Crippen LogP contribution is -2.26. The Bertz CT molecular complexity index is 302. The van der Waals surface area contributed by atoms with Crippen molar-refractivity contribution in [3.8, 4) is 0 Å². The summed E-state index contributed by atoms with van der Waals surface area (Å²) in [5.41, 5.74) is 0. The summed E-state index contributed by atoms with van der Waals surface area (Å²) >= 11 is 7.68. The van der Waals surface area contributed by atoms with Crippen LogP contribution in [-0.2, 0) is 0 Å². The Hall–Kier alpha value is -0.480. The molecule has 1 aliphatic heterocycles. The van der Waals surface area contributed by atoms with E-state index in [1.54, 1.807) is 6.20 Å². The second kappa shape index (κ2) is 4.84. The van der Waals surface area contributed by atoms with Crippen molar-refractivity contribution in [3.63, 3.8) is 0 Å². The summed E-state index contributed by atoms with van der Waals surface area (Å²) in [6.07, 6.45) is 4.17. The molecule has 14 heavy (non-hydrogen) atoms. The molecule has 2 rings (SSSR count). The second-order valence-corrected chi connectivity index (χ2v) is 4.76. The van der Waals surface area contributed by atoms with Gasteiger partial charge in [0.1, 0.15) is 5.82 Å². The van der Waals surface area contributed by atoms with E-state index in [1.165, 1.54) is 18.6 Å². The first-order chi connectivity index (χ1) is 6.84. The molecule has 1 fully saturated rings. The van der Waals surface area contributed by atoms with Crippen molar-refractivity contribution in [1.29, 1.82) is 0 Å². The number of hydrogen-bond acceptors (Lipinski definition) is 4. The van der Waals surface area contributed by atoms with Gasteiger partial charge in [0.05, 0.1) is 0 Å². The zero-order valence-corrected chi connectivity index (χ0v) is 9.31. The maximum Gasteiger partial charge on any atom is 0.224 e. The van der Waals surface area contributed by atoms with Crippen LogP contribution in [0.5, 0.6) is 0 Å². The third kappa shape index (κ3) is 2.75. The van der Waals surface area contributed by atoms with Gasteiger partial charge in [-0.3, -0.25) is 0 Å². The van der Waals surface area contributed by atoms with Crippen molar-refractivity contribution < 1.29 is 0 Å². The van der Waals surface area contributed by atoms with Gasteiger partial charge in [-0.15, -0.1) is 0 Å². The Kier molecular flexibility index (Phi) is 3.48. The molecule has 0 amide bonds. The van der Waals surface area contributed by atoms with Gasteiger partial charge in [-0.05, 0) is 36.3 Å². The van der Waals surface area contributed by atoms with Crippen molar-refractivity contribution in [3.05, 3.63) is 17.5 Å². The number of nitrogens with one attached hydrogen (secondary N) is 1. The zero-order chi connectivity index (χ0) is 9.80. The highest BCUT2D eigenvalue weighted by molar-refractivity contribution is 7.99. The summed E-state index contributed by atoms with van der Waals surface area (Å²) in [5.74, 6) is 3.27. The topological polar surface area (TPSA) is 37.8 Å². The molecule has 1 atom stereocenters. The molecule has 2 heterocycles. The Morgan fingerprint density at radius 3 is 3.21 bits per heavy atom. The van der Waals surface area contributed by atoms with E-state index in [1.807, 2.05) is 17.8 Å². The van der Waals surface area contributed by atoms with Gasteiger partial charge < -0.3 is 5.32 Å². The summed E-state index contributed by atoms with van der Waals surface area (Å²) in [7, 11) is 0. The smallest absolute Gasteiger partial charge is 0.224 e. The summed E-state index contributed by atoms with van der Waals surface area (Å²) in [5, 5.41) is 3.67. The number of hydrogen-bond donors (Lipinski definition) is 1. The second-order valence-electron chi connectivity index (χ2n) is 3.27. The third-order valence-electron chi connectivity index (χ3n) is 2.14. The predicted molar refractivity (Wildman–Crippen MR) is 61.0 cm³/mol. The molecule has 1 unspecified atom stereocenters. The van der Waals surface area contributed by atoms with Crippen molar-refractivity contribution in [2.24, 2.45) is 0 Å². The Balaban J connectivity index is 1.95. The number of anilines is 1. The van der Waals surface area contributed by atoms with Crippen LogP contribution in [0.4, 0.5) is 5.82 Å². The average molecular weight is 230 g/mol. The van der Waals surface area contributed by atoms with Crippen molar-refractivity contribution in [1.82, 2.24) is 9.97 Å². The molecule has 5 heteroatoms. The first-order valence-corrected chi connectivity index (χ1v) is 6.21. The SMILES string of the molecule is Clc1nccc(NC2CCCSC2)n1. The van der Waals surface area contributed by atoms with Gasteiger partial charge in [0.15, 0.2) is 0 Å². The highest BCUT2D eigenvalue weighted by Crippen LogP contribution is 2.20. The molecule has 1 aliphatic rings. The average Bonchev–Trinajstić information content (AvgIpc) is 2.19. The van der Waals surface area contributed by atoms with E-state index < -0.39 is 0 Å². The van der Waals surface area contributed by atoms with Crippen LogP contribution < -0.4 is 5.32 Å². The van der Waals surface area contributed by atoms with Crippen LogP contribution in [0.3, 0.4) is 0 Å². The quantitative estimate of drug-likeness (QED) is 0.791. The maximum absolute atomic E-state index is 5.70. The van der Waals surface area contributed by atoms with Crippen LogP contribution >= 0.6 is 23.4 Å². The molecule has 0 spiro atoms. The first kappa shape index (κ1) is 10.1. The Morgan fingerprint density at radius 1 is 1.57 bits per heavy atom. The van der Waals surface area contributed by atoms with Crippen molar-refractivity contribution in [2.45, 2.75) is 18.9 Å². The number of halogens is 1. The molecule has 0 saturated carbocycles. The van der Waals surface area contributed by atoms with Crippen LogP contribution in [0.25, 0.3) is 0 Å². The minimum Gasteiger partial charge on any atom is -0.366 e. The van der Waals surface area contributed by atoms with Crippen LogP contribution in [0.2, 0.25) is 5.28 Å². The van der Waals surface area contributed by atoms with E-state index in [2.05, 4.69) is 15.3 Å². The monoisotopic (exact) mass is 229 g/mol. The highest BCUT2D eigenvalue weighted by Gasteiger charge is 2.13. The molecular formula is C9H12ClN3S. The lowest BCUT2D eigenvalue weighted by molar-refractivity contribution is 0.682. The lowest BCUT2D eigenvalue weighted by Gasteiger charge is -2.22. The van der Waals surface area contributed by atoms with Gasteiger partial charge in [0.25, 0.3) is 0 Å². The first-order valence-electron chi connectivity index (χ1n) is 4.67. The van der Waals surface area contributed by atoms with Crippen molar-refractivity contribution in [2.75, 3.05) is 16.8 Å². The molecule has 0 aliphatic carbocycles. The molecule has 3 nitrogen and oxygen atoms in total. The Morgan fingerprint density at radius 2 is 2.50 bits per heavy atom. The molecule has 1 N–H and O–H groups in total. The molecule has 1 aromatic heterocycles. The van der Waals surface area contributed by atoms with Crippen molar-refractivity contribution >= 4 is 29.2 Å². The largest absolute Gasteiger partial charge is 0.366 e. The molecule has 0 bridgehead atoms. The van der Waals surface area contributed by atoms with Gasteiger partial charge >= 0.3 is 0 Å². The van der Waals surface area contributed by atoms with Crippen LogP contribution in [0.15, 0.2) is 12.3 Å². The number of rotatable bonds is 2. The molecule has 0 radical (unpaired) electrons. The number of nitrogens with zero attached hydrogens (tertiary/aromatic N) is 2. The normalized spacial score (nSPS) is 21.9. The summed E-state index contributed by atoms with van der Waals surface area (Å²) in [4.78, 5) is 7.94. The third-order valence-corrected chi connectivity index (χ3v) is 3.54. The molecule has 1 saturated heterocycles. The Labute approximate surface area is 92.7 Å². The van der Waals surface area contributed by atoms with Gasteiger partial charge in [0, 0.05) is 18.0 Å². The summed E-state index contributed by atoms with van der Waals surface area (Å²) < 4.78 is 0. The summed E-state index contributed by atoms with van der Waals surface area (Å²) in [6.45, 7) is 0. The minimum atomic E-state index is 0.304. The molecule has 76 valence electrons. The van der Waals surface area contributed by atoms with Gasteiger partial charge in [-0.25, -0.2) is 9.97 Å². The number of aromatic nitrogens is 2. The van der Waals surface area contributed by atoms with Gasteiger partial charge in [0.2, 0.25) is 5.28 Å². The van der Waals surface area contributed by atoms with E-state index in [0.717, 1.165) is 11.6 Å². The fourth-order valence-corrected chi connectivity index (χ4v) is 2.70. The molecule has 0 aromatic carbocycles. The lowest BCUT2D eigenvalue weighted by atomic mass is 10.2. The molecule has 1 aromatic rings. The fraction of sp³-hybridized carbons (Fsp3) is 0.556. The van der Waals surface area contributed by atoms with E-state index in [-0.39, 0.29) is 0 Å². The van der Waals surface area contributed by atoms with E-state index in [4.69, 9.17) is 11.6 Å². The van der Waals surface area contributed by atoms with Crippen LogP contribution in [0.1, 0.15) is 12.8 Å². The van der Waals surface area contributed by atoms with Crippen LogP contribution in [0, 0.1) is 0 Å². The standard InChI is InChI=1S/C9H12ClN3S/c10-9-11-4-3-8(13-9)12-7-2-1-5-14-6-7/h3-4,7H,1-2,5-6H2,(H,11,12,13). The van der Waals surface area contributed by atoms with E-state index >= 15 is 0 Å². The highest BCUT2D eigenvalue weighted by atomic mass is 35.5. The maximum atomic E-state index is 5.70. The predicted octanol–water partition coefficient (Wildman–Crippen LogP) is 2.44. The van der Waals surface area contributed by atoms with Crippen LogP contribution in [-0.4, -0.2) is 27.5 Å². The molecular weight excluding hydrogens is 218 g/mol. The summed E-state index contributed by atoms with van der Waals surface area (Å²) in [6, 6.07) is 2.38. The van der Waals surface area contributed by atoms with E-state index in [0.29, 0.717) is 11.3 Å². The van der Waals surface area contributed by atoms with Gasteiger partial charge in [-0.1, -0.05) is 0 Å². The van der Waals surface area contributed by atoms with Gasteiger partial charge in [-0.2, -0.15) is 11.8 Å². The minimum absolute atomic E-state index is 0.304. The zero-order valence-electron chi connectivity index (χ0n) is 7.74. The van der Waals surface area contributed by atoms with E-state index in [9.17, 15) is 0 Å².